The SMILES string of the molecule is CCCCN(CCO)Cc1cn(C)nc1C. The first-order chi connectivity index (χ1) is 7.67. The molecule has 0 aliphatic heterocycles. The van der Waals surface area contributed by atoms with Crippen LogP contribution in [0.1, 0.15) is 31.0 Å². The summed E-state index contributed by atoms with van der Waals surface area (Å²) >= 11 is 0. The standard InChI is InChI=1S/C12H23N3O/c1-4-5-6-15(7-8-16)10-12-9-14(3)13-11(12)2/h9,16H,4-8,10H2,1-3H3. The van der Waals surface area contributed by atoms with Crippen LogP contribution in [-0.4, -0.2) is 39.5 Å². The summed E-state index contributed by atoms with van der Waals surface area (Å²) in [6.45, 7) is 7.13. The van der Waals surface area contributed by atoms with Gasteiger partial charge in [-0.05, 0) is 19.9 Å². The Hall–Kier alpha value is -0.870. The summed E-state index contributed by atoms with van der Waals surface area (Å²) in [7, 11) is 1.94. The quantitative estimate of drug-likeness (QED) is 0.761. The third kappa shape index (κ3) is 3.94. The Morgan fingerprint density at radius 2 is 2.19 bits per heavy atom. The Labute approximate surface area is 97.9 Å². The molecule has 0 bridgehead atoms. The second kappa shape index (κ2) is 6.66. The number of rotatable bonds is 7. The van der Waals surface area contributed by atoms with Crippen molar-refractivity contribution in [2.45, 2.75) is 33.2 Å². The predicted octanol–water partition coefficient (Wildman–Crippen LogP) is 1.32. The van der Waals surface area contributed by atoms with Crippen molar-refractivity contribution in [1.82, 2.24) is 14.7 Å². The molecule has 0 unspecified atom stereocenters. The van der Waals surface area contributed by atoms with Crippen LogP contribution in [0.15, 0.2) is 6.20 Å². The van der Waals surface area contributed by atoms with E-state index in [1.165, 1.54) is 18.4 Å². The molecular formula is C12H23N3O. The molecule has 0 fully saturated rings. The van der Waals surface area contributed by atoms with Crippen molar-refractivity contribution in [3.63, 3.8) is 0 Å². The zero-order chi connectivity index (χ0) is 12.0. The first-order valence-electron chi connectivity index (χ1n) is 5.99. The molecule has 0 spiro atoms. The van der Waals surface area contributed by atoms with Crippen LogP contribution in [-0.2, 0) is 13.6 Å². The van der Waals surface area contributed by atoms with E-state index in [4.69, 9.17) is 5.11 Å². The fourth-order valence-electron chi connectivity index (χ4n) is 1.84. The molecule has 0 aliphatic rings. The lowest BCUT2D eigenvalue weighted by atomic mass is 10.2. The van der Waals surface area contributed by atoms with E-state index in [1.807, 2.05) is 18.7 Å². The molecule has 0 aliphatic carbocycles. The van der Waals surface area contributed by atoms with Crippen molar-refractivity contribution in [1.29, 1.82) is 0 Å². The van der Waals surface area contributed by atoms with Crippen LogP contribution in [0.2, 0.25) is 0 Å². The molecule has 1 N–H and O–H groups in total. The lowest BCUT2D eigenvalue weighted by molar-refractivity contribution is 0.188. The smallest absolute Gasteiger partial charge is 0.0638 e. The molecule has 0 atom stereocenters. The van der Waals surface area contributed by atoms with Gasteiger partial charge in [-0.25, -0.2) is 0 Å². The number of aliphatic hydroxyl groups excluding tert-OH is 1. The lowest BCUT2D eigenvalue weighted by Crippen LogP contribution is -2.27. The Kier molecular flexibility index (Phi) is 5.49. The number of hydrogen-bond acceptors (Lipinski definition) is 3. The molecule has 0 amide bonds. The normalized spacial score (nSPS) is 11.3. The highest BCUT2D eigenvalue weighted by atomic mass is 16.3. The zero-order valence-electron chi connectivity index (χ0n) is 10.6. The Bertz CT molecular complexity index is 309. The van der Waals surface area contributed by atoms with Gasteiger partial charge in [0.15, 0.2) is 0 Å². The molecule has 0 saturated heterocycles. The zero-order valence-corrected chi connectivity index (χ0v) is 10.6. The van der Waals surface area contributed by atoms with Gasteiger partial charge in [0.1, 0.15) is 0 Å². The minimum absolute atomic E-state index is 0.225. The molecule has 16 heavy (non-hydrogen) atoms. The second-order valence-electron chi connectivity index (χ2n) is 4.27. The third-order valence-electron chi connectivity index (χ3n) is 2.75. The minimum atomic E-state index is 0.225. The number of aromatic nitrogens is 2. The average molecular weight is 225 g/mol. The van der Waals surface area contributed by atoms with Crippen LogP contribution in [0.4, 0.5) is 0 Å². The topological polar surface area (TPSA) is 41.3 Å². The molecule has 1 aromatic heterocycles. The van der Waals surface area contributed by atoms with Crippen LogP contribution in [0.25, 0.3) is 0 Å². The van der Waals surface area contributed by atoms with Crippen molar-refractivity contribution in [3.05, 3.63) is 17.5 Å². The molecule has 92 valence electrons. The number of aliphatic hydroxyl groups is 1. The van der Waals surface area contributed by atoms with Crippen molar-refractivity contribution in [2.24, 2.45) is 7.05 Å². The van der Waals surface area contributed by atoms with Crippen molar-refractivity contribution >= 4 is 0 Å². The van der Waals surface area contributed by atoms with Gasteiger partial charge in [-0.3, -0.25) is 9.58 Å². The first-order valence-corrected chi connectivity index (χ1v) is 5.99. The fraction of sp³-hybridized carbons (Fsp3) is 0.750. The van der Waals surface area contributed by atoms with Gasteiger partial charge in [-0.15, -0.1) is 0 Å². The summed E-state index contributed by atoms with van der Waals surface area (Å²) in [5.41, 5.74) is 2.34. The number of unbranched alkanes of at least 4 members (excludes halogenated alkanes) is 1. The van der Waals surface area contributed by atoms with Crippen LogP contribution < -0.4 is 0 Å². The van der Waals surface area contributed by atoms with E-state index in [0.717, 1.165) is 25.3 Å². The van der Waals surface area contributed by atoms with Gasteiger partial charge in [0.25, 0.3) is 0 Å². The molecule has 1 rings (SSSR count). The average Bonchev–Trinajstić information content (AvgIpc) is 2.54. The summed E-state index contributed by atoms with van der Waals surface area (Å²) in [6.07, 6.45) is 4.43. The van der Waals surface area contributed by atoms with Gasteiger partial charge in [0, 0.05) is 31.9 Å². The van der Waals surface area contributed by atoms with E-state index in [0.29, 0.717) is 0 Å². The Morgan fingerprint density at radius 3 is 2.69 bits per heavy atom. The minimum Gasteiger partial charge on any atom is -0.395 e. The maximum atomic E-state index is 9.03. The van der Waals surface area contributed by atoms with E-state index in [2.05, 4.69) is 23.1 Å². The third-order valence-corrected chi connectivity index (χ3v) is 2.75. The summed E-state index contributed by atoms with van der Waals surface area (Å²) in [5, 5.41) is 13.4. The van der Waals surface area contributed by atoms with E-state index >= 15 is 0 Å². The van der Waals surface area contributed by atoms with E-state index in [-0.39, 0.29) is 6.61 Å². The summed E-state index contributed by atoms with van der Waals surface area (Å²) in [4.78, 5) is 2.29. The van der Waals surface area contributed by atoms with E-state index < -0.39 is 0 Å². The van der Waals surface area contributed by atoms with Gasteiger partial charge in [-0.2, -0.15) is 5.10 Å². The molecule has 0 radical (unpaired) electrons. The molecule has 0 saturated carbocycles. The highest BCUT2D eigenvalue weighted by Crippen LogP contribution is 2.09. The van der Waals surface area contributed by atoms with E-state index in [1.54, 1.807) is 0 Å². The number of aryl methyl sites for hydroxylation is 2. The van der Waals surface area contributed by atoms with Gasteiger partial charge >= 0.3 is 0 Å². The van der Waals surface area contributed by atoms with Crippen LogP contribution in [0, 0.1) is 6.92 Å². The molecule has 4 heteroatoms. The van der Waals surface area contributed by atoms with Crippen LogP contribution >= 0.6 is 0 Å². The number of hydrogen-bond donors (Lipinski definition) is 1. The Morgan fingerprint density at radius 1 is 1.44 bits per heavy atom. The molecule has 0 aromatic carbocycles. The second-order valence-corrected chi connectivity index (χ2v) is 4.27. The van der Waals surface area contributed by atoms with E-state index in [9.17, 15) is 0 Å². The maximum absolute atomic E-state index is 9.03. The molecular weight excluding hydrogens is 202 g/mol. The summed E-state index contributed by atoms with van der Waals surface area (Å²) in [5.74, 6) is 0. The van der Waals surface area contributed by atoms with Gasteiger partial charge < -0.3 is 5.11 Å². The maximum Gasteiger partial charge on any atom is 0.0638 e. The monoisotopic (exact) mass is 225 g/mol. The first kappa shape index (κ1) is 13.2. The highest BCUT2D eigenvalue weighted by Gasteiger charge is 2.09. The summed E-state index contributed by atoms with van der Waals surface area (Å²) in [6, 6.07) is 0. The fourth-order valence-corrected chi connectivity index (χ4v) is 1.84. The van der Waals surface area contributed by atoms with Gasteiger partial charge in [0.05, 0.1) is 12.3 Å². The summed E-state index contributed by atoms with van der Waals surface area (Å²) < 4.78 is 1.85. The predicted molar refractivity (Wildman–Crippen MR) is 65.2 cm³/mol. The molecule has 4 nitrogen and oxygen atoms in total. The highest BCUT2D eigenvalue weighted by molar-refractivity contribution is 5.14. The van der Waals surface area contributed by atoms with Crippen LogP contribution in [0.3, 0.4) is 0 Å². The largest absolute Gasteiger partial charge is 0.395 e. The van der Waals surface area contributed by atoms with Gasteiger partial charge in [-0.1, -0.05) is 13.3 Å². The van der Waals surface area contributed by atoms with Crippen molar-refractivity contribution < 1.29 is 5.11 Å². The lowest BCUT2D eigenvalue weighted by Gasteiger charge is -2.20. The van der Waals surface area contributed by atoms with Crippen molar-refractivity contribution in [3.8, 4) is 0 Å². The number of nitrogens with zero attached hydrogens (tertiary/aromatic N) is 3. The van der Waals surface area contributed by atoms with Crippen LogP contribution in [0.5, 0.6) is 0 Å². The van der Waals surface area contributed by atoms with Gasteiger partial charge in [0.2, 0.25) is 0 Å². The molecule has 1 heterocycles. The van der Waals surface area contributed by atoms with Crippen molar-refractivity contribution in [2.75, 3.05) is 19.7 Å². The molecule has 1 aromatic rings. The Balaban J connectivity index is 2.56.